The van der Waals surface area contributed by atoms with Crippen molar-refractivity contribution in [2.75, 3.05) is 15.6 Å². The molecular weight excluding hydrogens is 404 g/mol. The second kappa shape index (κ2) is 8.63. The van der Waals surface area contributed by atoms with E-state index in [0.29, 0.717) is 12.1 Å². The van der Waals surface area contributed by atoms with E-state index in [-0.39, 0.29) is 12.2 Å². The number of nitrogen functional groups attached to an aromatic ring is 1. The van der Waals surface area contributed by atoms with Gasteiger partial charge in [-0.05, 0) is 48.7 Å². The molecule has 1 aliphatic heterocycles. The van der Waals surface area contributed by atoms with Crippen molar-refractivity contribution in [2.45, 2.75) is 26.4 Å². The van der Waals surface area contributed by atoms with Gasteiger partial charge in [-0.25, -0.2) is 10.2 Å². The first-order valence-electron chi connectivity index (χ1n) is 10.5. The summed E-state index contributed by atoms with van der Waals surface area (Å²) in [6.45, 7) is 3.62. The van der Waals surface area contributed by atoms with Crippen LogP contribution in [0, 0.1) is 5.92 Å². The Morgan fingerprint density at radius 3 is 2.44 bits per heavy atom. The zero-order chi connectivity index (χ0) is 22.8. The lowest BCUT2D eigenvalue weighted by molar-refractivity contribution is -0.141. The number of nitrogens with two attached hydrogens (primary N) is 1. The highest BCUT2D eigenvalue weighted by molar-refractivity contribution is 5.98. The molecule has 7 heteroatoms. The van der Waals surface area contributed by atoms with Crippen molar-refractivity contribution in [3.63, 3.8) is 0 Å². The first-order chi connectivity index (χ1) is 15.3. The Labute approximate surface area is 187 Å². The van der Waals surface area contributed by atoms with Crippen molar-refractivity contribution in [1.29, 1.82) is 0 Å². The first kappa shape index (κ1) is 21.2. The first-order valence-corrected chi connectivity index (χ1v) is 10.5. The largest absolute Gasteiger partial charge is 0.481 e. The van der Waals surface area contributed by atoms with E-state index >= 15 is 0 Å². The van der Waals surface area contributed by atoms with E-state index in [4.69, 9.17) is 10.8 Å². The molecule has 1 aliphatic rings. The molecule has 2 amide bonds. The highest BCUT2D eigenvalue weighted by atomic mass is 16.4. The summed E-state index contributed by atoms with van der Waals surface area (Å²) in [5.74, 6) is -1.29. The standard InChI is InChI=1S/C25H26N4O3/c1-16(24(30)31)14-18-8-11-21(12-9-18)28-17(2)29(27-25(28)32)23-15-20(26)10-13-22(23)19-6-4-3-5-7-19/h3-13,15-17H,14,26H2,1-2H3,(H,27,32)(H,30,31). The molecule has 3 aromatic rings. The summed E-state index contributed by atoms with van der Waals surface area (Å²) in [5, 5.41) is 10.9. The number of carboxylic acids is 1. The van der Waals surface area contributed by atoms with Crippen LogP contribution in [0.15, 0.2) is 72.8 Å². The number of carbonyl (C=O) groups is 2. The summed E-state index contributed by atoms with van der Waals surface area (Å²) < 4.78 is 0. The fourth-order valence-electron chi connectivity index (χ4n) is 3.97. The van der Waals surface area contributed by atoms with Crippen molar-refractivity contribution < 1.29 is 14.7 Å². The quantitative estimate of drug-likeness (QED) is 0.500. The van der Waals surface area contributed by atoms with Gasteiger partial charge in [-0.15, -0.1) is 0 Å². The Morgan fingerprint density at radius 1 is 1.09 bits per heavy atom. The maximum absolute atomic E-state index is 12.9. The molecule has 0 aromatic heterocycles. The van der Waals surface area contributed by atoms with Crippen LogP contribution in [0.4, 0.5) is 21.9 Å². The van der Waals surface area contributed by atoms with Gasteiger partial charge >= 0.3 is 12.0 Å². The minimum atomic E-state index is -0.825. The minimum absolute atomic E-state index is 0.245. The molecule has 0 bridgehead atoms. The molecule has 0 aliphatic carbocycles. The van der Waals surface area contributed by atoms with Crippen molar-refractivity contribution in [3.05, 3.63) is 78.4 Å². The van der Waals surface area contributed by atoms with E-state index in [0.717, 1.165) is 28.1 Å². The molecular formula is C25H26N4O3. The molecule has 1 fully saturated rings. The van der Waals surface area contributed by atoms with Gasteiger partial charge in [0.05, 0.1) is 11.6 Å². The molecule has 4 rings (SSSR count). The molecule has 4 N–H and O–H groups in total. The van der Waals surface area contributed by atoms with Gasteiger partial charge in [-0.2, -0.15) is 0 Å². The second-order valence-electron chi connectivity index (χ2n) is 8.04. The second-order valence-corrected chi connectivity index (χ2v) is 8.04. The number of nitrogens with zero attached hydrogens (tertiary/aromatic N) is 2. The van der Waals surface area contributed by atoms with Crippen LogP contribution in [0.1, 0.15) is 19.4 Å². The van der Waals surface area contributed by atoms with E-state index in [1.54, 1.807) is 11.8 Å². The topological polar surface area (TPSA) is 98.9 Å². The van der Waals surface area contributed by atoms with E-state index < -0.39 is 11.9 Å². The Balaban J connectivity index is 1.62. The lowest BCUT2D eigenvalue weighted by Crippen LogP contribution is -2.39. The summed E-state index contributed by atoms with van der Waals surface area (Å²) in [5.41, 5.74) is 14.1. The minimum Gasteiger partial charge on any atom is -0.481 e. The Morgan fingerprint density at radius 2 is 1.78 bits per heavy atom. The number of carboxylic acid groups (broad SMARTS) is 1. The third-order valence-corrected chi connectivity index (χ3v) is 5.73. The van der Waals surface area contributed by atoms with Gasteiger partial charge in [-0.3, -0.25) is 14.7 Å². The number of amides is 2. The average molecular weight is 431 g/mol. The van der Waals surface area contributed by atoms with Gasteiger partial charge in [0, 0.05) is 16.9 Å². The number of nitrogens with one attached hydrogen (secondary N) is 1. The van der Waals surface area contributed by atoms with Gasteiger partial charge in [-0.1, -0.05) is 55.5 Å². The average Bonchev–Trinajstić information content (AvgIpc) is 3.08. The van der Waals surface area contributed by atoms with Crippen LogP contribution >= 0.6 is 0 Å². The van der Waals surface area contributed by atoms with Crippen molar-refractivity contribution >= 4 is 29.1 Å². The molecule has 164 valence electrons. The van der Waals surface area contributed by atoms with Crippen LogP contribution in [0.5, 0.6) is 0 Å². The van der Waals surface area contributed by atoms with Crippen LogP contribution in [0.3, 0.4) is 0 Å². The van der Waals surface area contributed by atoms with E-state index in [1.807, 2.05) is 84.7 Å². The number of hydrogen-bond acceptors (Lipinski definition) is 4. The summed E-state index contributed by atoms with van der Waals surface area (Å²) in [6, 6.07) is 22.8. The Hall–Kier alpha value is -4.00. The predicted octanol–water partition coefficient (Wildman–Crippen LogP) is 4.50. The summed E-state index contributed by atoms with van der Waals surface area (Å²) in [6.07, 6.45) is 0.128. The van der Waals surface area contributed by atoms with Gasteiger partial charge in [0.15, 0.2) is 0 Å². The van der Waals surface area contributed by atoms with Crippen molar-refractivity contribution in [2.24, 2.45) is 5.92 Å². The third kappa shape index (κ3) is 4.09. The number of rotatable bonds is 6. The molecule has 0 saturated carbocycles. The molecule has 0 radical (unpaired) electrons. The fourth-order valence-corrected chi connectivity index (χ4v) is 3.97. The molecule has 32 heavy (non-hydrogen) atoms. The number of anilines is 3. The summed E-state index contributed by atoms with van der Waals surface area (Å²) >= 11 is 0. The number of benzene rings is 3. The third-order valence-electron chi connectivity index (χ3n) is 5.73. The lowest BCUT2D eigenvalue weighted by Gasteiger charge is -2.28. The Bertz CT molecular complexity index is 1130. The number of urea groups is 1. The maximum Gasteiger partial charge on any atom is 0.342 e. The molecule has 1 saturated heterocycles. The molecule has 2 unspecified atom stereocenters. The van der Waals surface area contributed by atoms with Crippen molar-refractivity contribution in [3.8, 4) is 11.1 Å². The van der Waals surface area contributed by atoms with Gasteiger partial charge in [0.1, 0.15) is 6.17 Å². The predicted molar refractivity (Wildman–Crippen MR) is 126 cm³/mol. The fraction of sp³-hybridized carbons (Fsp3) is 0.200. The number of carbonyl (C=O) groups excluding carboxylic acids is 1. The SMILES string of the molecule is CC(Cc1ccc(N2C(=O)NN(c3cc(N)ccc3-c3ccccc3)C2C)cc1)C(=O)O. The molecule has 0 spiro atoms. The summed E-state index contributed by atoms with van der Waals surface area (Å²) in [7, 11) is 0. The van der Waals surface area contributed by atoms with E-state index in [9.17, 15) is 9.59 Å². The van der Waals surface area contributed by atoms with Crippen LogP contribution in [-0.2, 0) is 11.2 Å². The summed E-state index contributed by atoms with van der Waals surface area (Å²) in [4.78, 5) is 25.7. The lowest BCUT2D eigenvalue weighted by atomic mass is 10.0. The van der Waals surface area contributed by atoms with Gasteiger partial charge < -0.3 is 10.8 Å². The maximum atomic E-state index is 12.9. The Kier molecular flexibility index (Phi) is 5.73. The number of aliphatic carboxylic acids is 1. The van der Waals surface area contributed by atoms with Crippen molar-refractivity contribution in [1.82, 2.24) is 5.43 Å². The molecule has 7 nitrogen and oxygen atoms in total. The highest BCUT2D eigenvalue weighted by Crippen LogP contribution is 2.36. The van der Waals surface area contributed by atoms with Crippen LogP contribution in [0.25, 0.3) is 11.1 Å². The number of hydrogen-bond donors (Lipinski definition) is 3. The van der Waals surface area contributed by atoms with E-state index in [1.165, 1.54) is 0 Å². The number of hydrazine groups is 1. The molecule has 1 heterocycles. The van der Waals surface area contributed by atoms with E-state index in [2.05, 4.69) is 5.43 Å². The van der Waals surface area contributed by atoms with Crippen LogP contribution < -0.4 is 21.1 Å². The van der Waals surface area contributed by atoms with Gasteiger partial charge in [0.25, 0.3) is 0 Å². The van der Waals surface area contributed by atoms with Gasteiger partial charge in [0.2, 0.25) is 0 Å². The van der Waals surface area contributed by atoms with Crippen LogP contribution in [0.2, 0.25) is 0 Å². The molecule has 2 atom stereocenters. The zero-order valence-corrected chi connectivity index (χ0v) is 18.0. The zero-order valence-electron chi connectivity index (χ0n) is 18.0. The highest BCUT2D eigenvalue weighted by Gasteiger charge is 2.37. The normalized spacial score (nSPS) is 16.7. The monoisotopic (exact) mass is 430 g/mol. The molecule has 3 aromatic carbocycles. The van der Waals surface area contributed by atoms with Crippen LogP contribution in [-0.4, -0.2) is 23.3 Å². The smallest absolute Gasteiger partial charge is 0.342 e.